The molecule has 0 saturated heterocycles. The number of aliphatic carboxylic acids is 1. The number of rotatable bonds is 3. The Morgan fingerprint density at radius 1 is 1.24 bits per heavy atom. The SMILES string of the molecule is CC1(C)CCCCC1NC(=O)NC(C)(C(=O)O)C(F)(F)F. The first-order valence-electron chi connectivity index (χ1n) is 6.79. The molecule has 122 valence electrons. The molecule has 0 aromatic rings. The predicted octanol–water partition coefficient (Wildman–Crippen LogP) is 2.66. The minimum Gasteiger partial charge on any atom is -0.479 e. The highest BCUT2D eigenvalue weighted by molar-refractivity contribution is 5.86. The number of amides is 2. The molecule has 8 heteroatoms. The summed E-state index contributed by atoms with van der Waals surface area (Å²) in [5, 5.41) is 12.8. The summed E-state index contributed by atoms with van der Waals surface area (Å²) in [6, 6.07) is -1.39. The lowest BCUT2D eigenvalue weighted by Gasteiger charge is -2.39. The summed E-state index contributed by atoms with van der Waals surface area (Å²) < 4.78 is 38.5. The van der Waals surface area contributed by atoms with Crippen LogP contribution < -0.4 is 10.6 Å². The number of nitrogens with one attached hydrogen (secondary N) is 2. The van der Waals surface area contributed by atoms with Crippen molar-refractivity contribution in [2.45, 2.75) is 64.2 Å². The van der Waals surface area contributed by atoms with Crippen molar-refractivity contribution in [2.24, 2.45) is 5.41 Å². The molecule has 0 heterocycles. The Morgan fingerprint density at radius 3 is 2.24 bits per heavy atom. The van der Waals surface area contributed by atoms with Gasteiger partial charge in [0, 0.05) is 6.04 Å². The van der Waals surface area contributed by atoms with Gasteiger partial charge in [-0.1, -0.05) is 26.7 Å². The normalized spacial score (nSPS) is 24.8. The molecule has 21 heavy (non-hydrogen) atoms. The maximum Gasteiger partial charge on any atom is 0.422 e. The molecule has 5 nitrogen and oxygen atoms in total. The third-order valence-corrected chi connectivity index (χ3v) is 4.17. The van der Waals surface area contributed by atoms with Crippen LogP contribution in [0, 0.1) is 5.41 Å². The minimum absolute atomic E-state index is 0.229. The van der Waals surface area contributed by atoms with E-state index in [2.05, 4.69) is 5.32 Å². The van der Waals surface area contributed by atoms with Gasteiger partial charge in [0.15, 0.2) is 0 Å². The highest BCUT2D eigenvalue weighted by Crippen LogP contribution is 2.35. The second-order valence-corrected chi connectivity index (χ2v) is 6.31. The lowest BCUT2D eigenvalue weighted by molar-refractivity contribution is -0.203. The number of carbonyl (C=O) groups is 2. The van der Waals surface area contributed by atoms with Crippen molar-refractivity contribution in [2.75, 3.05) is 0 Å². The van der Waals surface area contributed by atoms with Gasteiger partial charge in [0.2, 0.25) is 5.54 Å². The van der Waals surface area contributed by atoms with Crippen LogP contribution in [0.4, 0.5) is 18.0 Å². The molecule has 2 amide bonds. The van der Waals surface area contributed by atoms with Crippen LogP contribution in [-0.2, 0) is 4.79 Å². The van der Waals surface area contributed by atoms with Gasteiger partial charge in [0.1, 0.15) is 0 Å². The standard InChI is InChI=1S/C13H21F3N2O3/c1-11(2)7-5-4-6-8(11)17-10(21)18-12(3,9(19)20)13(14,15)16/h8H,4-7H2,1-3H3,(H,19,20)(H2,17,18,21). The van der Waals surface area contributed by atoms with E-state index >= 15 is 0 Å². The Morgan fingerprint density at radius 2 is 1.81 bits per heavy atom. The number of alkyl halides is 3. The zero-order valence-electron chi connectivity index (χ0n) is 12.3. The zero-order chi connectivity index (χ0) is 16.5. The van der Waals surface area contributed by atoms with Gasteiger partial charge in [-0.05, 0) is 25.2 Å². The number of carbonyl (C=O) groups excluding carboxylic acids is 1. The Balaban J connectivity index is 2.78. The van der Waals surface area contributed by atoms with Gasteiger partial charge < -0.3 is 15.7 Å². The lowest BCUT2D eigenvalue weighted by Crippen LogP contribution is -2.65. The molecular weight excluding hydrogens is 289 g/mol. The molecule has 1 fully saturated rings. The second-order valence-electron chi connectivity index (χ2n) is 6.31. The van der Waals surface area contributed by atoms with Crippen LogP contribution in [0.15, 0.2) is 0 Å². The van der Waals surface area contributed by atoms with Crippen molar-refractivity contribution in [3.63, 3.8) is 0 Å². The molecule has 1 rings (SSSR count). The molecule has 0 aromatic carbocycles. The quantitative estimate of drug-likeness (QED) is 0.750. The highest BCUT2D eigenvalue weighted by atomic mass is 19.4. The van der Waals surface area contributed by atoms with E-state index < -0.39 is 23.7 Å². The van der Waals surface area contributed by atoms with E-state index in [-0.39, 0.29) is 11.5 Å². The van der Waals surface area contributed by atoms with E-state index in [0.29, 0.717) is 13.3 Å². The molecule has 0 radical (unpaired) electrons. The number of hydrogen-bond donors (Lipinski definition) is 3. The summed E-state index contributed by atoms with van der Waals surface area (Å²) in [7, 11) is 0. The number of urea groups is 1. The number of carboxylic acid groups (broad SMARTS) is 1. The third-order valence-electron chi connectivity index (χ3n) is 4.17. The van der Waals surface area contributed by atoms with Crippen LogP contribution in [0.3, 0.4) is 0 Å². The summed E-state index contributed by atoms with van der Waals surface area (Å²) >= 11 is 0. The molecule has 1 aliphatic rings. The molecule has 1 saturated carbocycles. The van der Waals surface area contributed by atoms with Crippen LogP contribution in [0.1, 0.15) is 46.5 Å². The molecule has 0 aromatic heterocycles. The molecule has 3 N–H and O–H groups in total. The predicted molar refractivity (Wildman–Crippen MR) is 69.8 cm³/mol. The minimum atomic E-state index is -5.09. The van der Waals surface area contributed by atoms with Gasteiger partial charge in [0.05, 0.1) is 0 Å². The molecule has 2 atom stereocenters. The summed E-state index contributed by atoms with van der Waals surface area (Å²) in [5.41, 5.74) is -3.54. The molecular formula is C13H21F3N2O3. The molecule has 1 aliphatic carbocycles. The van der Waals surface area contributed by atoms with Crippen molar-refractivity contribution in [1.29, 1.82) is 0 Å². The Labute approximate surface area is 121 Å². The topological polar surface area (TPSA) is 78.4 Å². The van der Waals surface area contributed by atoms with Crippen molar-refractivity contribution in [1.82, 2.24) is 10.6 Å². The van der Waals surface area contributed by atoms with E-state index in [0.717, 1.165) is 19.3 Å². The van der Waals surface area contributed by atoms with Crippen LogP contribution in [0.5, 0.6) is 0 Å². The molecule has 0 bridgehead atoms. The van der Waals surface area contributed by atoms with Gasteiger partial charge in [0.25, 0.3) is 0 Å². The smallest absolute Gasteiger partial charge is 0.422 e. The second kappa shape index (κ2) is 5.73. The van der Waals surface area contributed by atoms with Gasteiger partial charge in [-0.15, -0.1) is 0 Å². The Hall–Kier alpha value is -1.47. The van der Waals surface area contributed by atoms with E-state index in [4.69, 9.17) is 5.11 Å². The Kier molecular flexibility index (Phi) is 4.80. The monoisotopic (exact) mass is 310 g/mol. The Bertz CT molecular complexity index is 423. The first-order chi connectivity index (χ1) is 9.40. The summed E-state index contributed by atoms with van der Waals surface area (Å²) in [5.74, 6) is -2.15. The lowest BCUT2D eigenvalue weighted by atomic mass is 9.73. The summed E-state index contributed by atoms with van der Waals surface area (Å²) in [4.78, 5) is 22.6. The average molecular weight is 310 g/mol. The van der Waals surface area contributed by atoms with E-state index in [9.17, 15) is 22.8 Å². The number of carboxylic acids is 1. The van der Waals surface area contributed by atoms with Crippen LogP contribution >= 0.6 is 0 Å². The van der Waals surface area contributed by atoms with Crippen molar-refractivity contribution < 1.29 is 27.9 Å². The van der Waals surface area contributed by atoms with E-state index in [1.54, 1.807) is 5.32 Å². The average Bonchev–Trinajstić information content (AvgIpc) is 2.29. The zero-order valence-corrected chi connectivity index (χ0v) is 12.3. The highest BCUT2D eigenvalue weighted by Gasteiger charge is 2.58. The van der Waals surface area contributed by atoms with E-state index in [1.807, 2.05) is 13.8 Å². The molecule has 2 unspecified atom stereocenters. The fourth-order valence-corrected chi connectivity index (χ4v) is 2.43. The molecule has 0 spiro atoms. The van der Waals surface area contributed by atoms with Crippen molar-refractivity contribution in [3.05, 3.63) is 0 Å². The first kappa shape index (κ1) is 17.6. The molecule has 0 aliphatic heterocycles. The number of hydrogen-bond acceptors (Lipinski definition) is 2. The first-order valence-corrected chi connectivity index (χ1v) is 6.79. The maximum absolute atomic E-state index is 12.8. The van der Waals surface area contributed by atoms with E-state index in [1.165, 1.54) is 0 Å². The third kappa shape index (κ3) is 3.79. The largest absolute Gasteiger partial charge is 0.479 e. The van der Waals surface area contributed by atoms with Gasteiger partial charge in [-0.25, -0.2) is 9.59 Å². The number of halogens is 3. The summed E-state index contributed by atoms with van der Waals surface area (Å²) in [6.45, 7) is 4.29. The fraction of sp³-hybridized carbons (Fsp3) is 0.846. The van der Waals surface area contributed by atoms with Crippen LogP contribution in [0.2, 0.25) is 0 Å². The maximum atomic E-state index is 12.8. The van der Waals surface area contributed by atoms with Crippen LogP contribution in [-0.4, -0.2) is 34.9 Å². The fourth-order valence-electron chi connectivity index (χ4n) is 2.43. The summed E-state index contributed by atoms with van der Waals surface area (Å²) in [6.07, 6.45) is -1.69. The van der Waals surface area contributed by atoms with Crippen LogP contribution in [0.25, 0.3) is 0 Å². The van der Waals surface area contributed by atoms with Gasteiger partial charge in [-0.2, -0.15) is 13.2 Å². The van der Waals surface area contributed by atoms with Crippen molar-refractivity contribution in [3.8, 4) is 0 Å². The van der Waals surface area contributed by atoms with Gasteiger partial charge >= 0.3 is 18.2 Å². The van der Waals surface area contributed by atoms with Crippen molar-refractivity contribution >= 4 is 12.0 Å². The van der Waals surface area contributed by atoms with Gasteiger partial charge in [-0.3, -0.25) is 0 Å².